The minimum Gasteiger partial charge on any atom is -0.396 e. The van der Waals surface area contributed by atoms with Gasteiger partial charge in [0.15, 0.2) is 5.65 Å². The number of fused-ring (bicyclic) bond motifs is 1. The minimum absolute atomic E-state index is 0.0110. The van der Waals surface area contributed by atoms with E-state index in [-0.39, 0.29) is 19.2 Å². The number of rotatable bonds is 5. The Morgan fingerprint density at radius 2 is 2.29 bits per heavy atom. The van der Waals surface area contributed by atoms with Gasteiger partial charge < -0.3 is 20.7 Å². The molecule has 0 saturated carbocycles. The molecule has 0 spiro atoms. The summed E-state index contributed by atoms with van der Waals surface area (Å²) in [4.78, 5) is 11.7. The van der Waals surface area contributed by atoms with Crippen LogP contribution in [0.4, 0.5) is 5.95 Å². The van der Waals surface area contributed by atoms with Crippen LogP contribution in [0, 0.1) is 0 Å². The molecule has 0 radical (unpaired) electrons. The molecule has 2 rings (SSSR count). The fourth-order valence-electron chi connectivity index (χ4n) is 1.35. The Hall–Kier alpha value is -1.77. The van der Waals surface area contributed by atoms with Crippen molar-refractivity contribution < 1.29 is 14.9 Å². The molecule has 92 valence electrons. The second-order valence-corrected chi connectivity index (χ2v) is 3.36. The maximum atomic E-state index is 9.74. The molecule has 1 unspecified atom stereocenters. The quantitative estimate of drug-likeness (QED) is 0.464. The Kier molecular flexibility index (Phi) is 3.47. The highest BCUT2D eigenvalue weighted by Gasteiger charge is 2.12. The third-order valence-corrected chi connectivity index (χ3v) is 2.16. The molecule has 2 aromatic rings. The number of hydrogen-bond acceptors (Lipinski definition) is 7. The van der Waals surface area contributed by atoms with Crippen molar-refractivity contribution in [2.24, 2.45) is 0 Å². The molecule has 0 aliphatic carbocycles. The van der Waals surface area contributed by atoms with Gasteiger partial charge in [0.05, 0.1) is 12.8 Å². The predicted molar refractivity (Wildman–Crippen MR) is 58.6 cm³/mol. The van der Waals surface area contributed by atoms with E-state index in [1.165, 1.54) is 17.1 Å². The van der Waals surface area contributed by atoms with Gasteiger partial charge in [-0.1, -0.05) is 0 Å². The van der Waals surface area contributed by atoms with Gasteiger partial charge in [-0.3, -0.25) is 4.57 Å². The topological polar surface area (TPSA) is 119 Å². The maximum absolute atomic E-state index is 9.74. The fraction of sp³-hybridized carbons (Fsp3) is 0.444. The molecule has 0 aliphatic rings. The van der Waals surface area contributed by atoms with Crippen molar-refractivity contribution in [1.29, 1.82) is 0 Å². The minimum atomic E-state index is -1.18. The van der Waals surface area contributed by atoms with E-state index in [1.54, 1.807) is 0 Å². The smallest absolute Gasteiger partial charge is 0.243 e. The van der Waals surface area contributed by atoms with Crippen molar-refractivity contribution in [3.63, 3.8) is 0 Å². The summed E-state index contributed by atoms with van der Waals surface area (Å²) >= 11 is 0. The normalized spacial score (nSPS) is 13.1. The molecule has 0 fully saturated rings. The molecule has 8 heteroatoms. The Morgan fingerprint density at radius 3 is 3.06 bits per heavy atom. The van der Waals surface area contributed by atoms with Crippen LogP contribution < -0.4 is 5.73 Å². The van der Waals surface area contributed by atoms with Gasteiger partial charge in [-0.15, -0.1) is 0 Å². The summed E-state index contributed by atoms with van der Waals surface area (Å²) in [5.41, 5.74) is 6.33. The van der Waals surface area contributed by atoms with Gasteiger partial charge in [0, 0.05) is 6.61 Å². The van der Waals surface area contributed by atoms with Crippen LogP contribution >= 0.6 is 0 Å². The molecule has 0 amide bonds. The number of aliphatic hydroxyl groups excluding tert-OH is 2. The zero-order valence-electron chi connectivity index (χ0n) is 9.02. The third-order valence-electron chi connectivity index (χ3n) is 2.16. The molecule has 8 nitrogen and oxygen atoms in total. The summed E-state index contributed by atoms with van der Waals surface area (Å²) in [7, 11) is 0. The zero-order valence-corrected chi connectivity index (χ0v) is 9.02. The molecule has 2 heterocycles. The molecule has 0 aliphatic heterocycles. The lowest BCUT2D eigenvalue weighted by atomic mass is 10.5. The van der Waals surface area contributed by atoms with Gasteiger partial charge in [-0.2, -0.15) is 4.98 Å². The second kappa shape index (κ2) is 5.04. The van der Waals surface area contributed by atoms with Gasteiger partial charge in [0.1, 0.15) is 11.8 Å². The van der Waals surface area contributed by atoms with Crippen molar-refractivity contribution in [3.05, 3.63) is 12.5 Å². The van der Waals surface area contributed by atoms with Gasteiger partial charge in [0.2, 0.25) is 12.4 Å². The van der Waals surface area contributed by atoms with E-state index in [1.807, 2.05) is 0 Å². The Morgan fingerprint density at radius 1 is 1.47 bits per heavy atom. The zero-order chi connectivity index (χ0) is 12.3. The van der Waals surface area contributed by atoms with Crippen molar-refractivity contribution in [2.75, 3.05) is 18.9 Å². The van der Waals surface area contributed by atoms with Crippen molar-refractivity contribution in [3.8, 4) is 0 Å². The first-order valence-electron chi connectivity index (χ1n) is 5.08. The number of hydrogen-bond donors (Lipinski definition) is 3. The standard InChI is InChI=1S/C9H13N5O3/c10-8-11-4-6-7(13-8)12-5-14(6)9(16)17-3-1-2-15/h4-5,9,15-16H,1-3H2,(H2,10,11,13). The predicted octanol–water partition coefficient (Wildman–Crippen LogP) is -0.744. The third kappa shape index (κ3) is 2.49. The summed E-state index contributed by atoms with van der Waals surface area (Å²) in [6.07, 6.45) is 2.12. The van der Waals surface area contributed by atoms with Crippen LogP contribution in [-0.4, -0.2) is 42.9 Å². The van der Waals surface area contributed by atoms with Gasteiger partial charge in [0.25, 0.3) is 0 Å². The number of aromatic nitrogens is 4. The van der Waals surface area contributed by atoms with E-state index in [4.69, 9.17) is 15.6 Å². The summed E-state index contributed by atoms with van der Waals surface area (Å²) in [5.74, 6) is 0.124. The SMILES string of the molecule is Nc1ncc2c(ncn2C(O)OCCCO)n1. The lowest BCUT2D eigenvalue weighted by Crippen LogP contribution is -2.12. The van der Waals surface area contributed by atoms with Crippen molar-refractivity contribution >= 4 is 17.1 Å². The molecule has 2 aromatic heterocycles. The molecule has 0 saturated heterocycles. The molecule has 0 aromatic carbocycles. The fourth-order valence-corrected chi connectivity index (χ4v) is 1.35. The van der Waals surface area contributed by atoms with Gasteiger partial charge >= 0.3 is 0 Å². The average Bonchev–Trinajstić information content (AvgIpc) is 2.72. The lowest BCUT2D eigenvalue weighted by molar-refractivity contribution is -0.152. The second-order valence-electron chi connectivity index (χ2n) is 3.36. The highest BCUT2D eigenvalue weighted by Crippen LogP contribution is 2.15. The molecule has 0 bridgehead atoms. The van der Waals surface area contributed by atoms with Crippen LogP contribution in [0.5, 0.6) is 0 Å². The molecule has 17 heavy (non-hydrogen) atoms. The van der Waals surface area contributed by atoms with Crippen molar-refractivity contribution in [2.45, 2.75) is 12.8 Å². The largest absolute Gasteiger partial charge is 0.396 e. The van der Waals surface area contributed by atoms with E-state index >= 15 is 0 Å². The number of nitrogens with zero attached hydrogens (tertiary/aromatic N) is 4. The van der Waals surface area contributed by atoms with Crippen LogP contribution in [-0.2, 0) is 4.74 Å². The average molecular weight is 239 g/mol. The van der Waals surface area contributed by atoms with E-state index in [0.717, 1.165) is 0 Å². The van der Waals surface area contributed by atoms with Crippen molar-refractivity contribution in [1.82, 2.24) is 19.5 Å². The number of nitrogen functional groups attached to an aromatic ring is 1. The molecular formula is C9H13N5O3. The monoisotopic (exact) mass is 239 g/mol. The number of ether oxygens (including phenoxy) is 1. The van der Waals surface area contributed by atoms with E-state index in [9.17, 15) is 5.11 Å². The number of aliphatic hydroxyl groups is 2. The number of nitrogens with two attached hydrogens (primary N) is 1. The van der Waals surface area contributed by atoms with Gasteiger partial charge in [-0.25, -0.2) is 9.97 Å². The van der Waals surface area contributed by atoms with Crippen LogP contribution in [0.1, 0.15) is 12.8 Å². The first-order valence-corrected chi connectivity index (χ1v) is 5.08. The maximum Gasteiger partial charge on any atom is 0.243 e. The van der Waals surface area contributed by atoms with Crippen LogP contribution in [0.3, 0.4) is 0 Å². The summed E-state index contributed by atoms with van der Waals surface area (Å²) in [6.45, 7) is 0.254. The van der Waals surface area contributed by atoms with Crippen LogP contribution in [0.25, 0.3) is 11.2 Å². The van der Waals surface area contributed by atoms with Gasteiger partial charge in [-0.05, 0) is 6.42 Å². The first kappa shape index (κ1) is 11.7. The van der Waals surface area contributed by atoms with E-state index in [2.05, 4.69) is 15.0 Å². The highest BCUT2D eigenvalue weighted by atomic mass is 16.6. The van der Waals surface area contributed by atoms with Crippen LogP contribution in [0.2, 0.25) is 0 Å². The summed E-state index contributed by atoms with van der Waals surface area (Å²) in [6, 6.07) is 0. The summed E-state index contributed by atoms with van der Waals surface area (Å²) in [5, 5.41) is 18.3. The summed E-state index contributed by atoms with van der Waals surface area (Å²) < 4.78 is 6.48. The van der Waals surface area contributed by atoms with E-state index in [0.29, 0.717) is 17.6 Å². The molecule has 4 N–H and O–H groups in total. The number of anilines is 1. The Balaban J connectivity index is 2.17. The Bertz CT molecular complexity index is 500. The lowest BCUT2D eigenvalue weighted by Gasteiger charge is -2.13. The molecular weight excluding hydrogens is 226 g/mol. The molecule has 1 atom stereocenters. The Labute approximate surface area is 96.7 Å². The highest BCUT2D eigenvalue weighted by molar-refractivity contribution is 5.70. The first-order chi connectivity index (χ1) is 8.22. The number of imidazole rings is 1. The van der Waals surface area contributed by atoms with E-state index < -0.39 is 6.41 Å². The van der Waals surface area contributed by atoms with Crippen LogP contribution in [0.15, 0.2) is 12.5 Å².